The number of benzene rings is 4. The van der Waals surface area contributed by atoms with Crippen molar-refractivity contribution in [3.8, 4) is 22.3 Å². The summed E-state index contributed by atoms with van der Waals surface area (Å²) >= 11 is 3.53. The molecule has 6 rings (SSSR count). The Kier molecular flexibility index (Phi) is 4.57. The monoisotopic (exact) mass is 478 g/mol. The van der Waals surface area contributed by atoms with E-state index in [2.05, 4.69) is 24.3 Å². The van der Waals surface area contributed by atoms with E-state index in [1.54, 1.807) is 34.8 Å². The van der Waals surface area contributed by atoms with Gasteiger partial charge in [0.2, 0.25) is 0 Å². The normalized spacial score (nSPS) is 11.8. The van der Waals surface area contributed by atoms with Gasteiger partial charge in [0.1, 0.15) is 0 Å². The van der Waals surface area contributed by atoms with Gasteiger partial charge in [0, 0.05) is 25.7 Å². The van der Waals surface area contributed by atoms with Crippen molar-refractivity contribution in [2.45, 2.75) is 6.92 Å². The van der Waals surface area contributed by atoms with Crippen molar-refractivity contribution in [3.05, 3.63) is 95.6 Å². The lowest BCUT2D eigenvalue weighted by Crippen LogP contribution is -2.03. The highest BCUT2D eigenvalue weighted by molar-refractivity contribution is 7.36. The molecule has 4 aromatic carbocycles. The summed E-state index contributed by atoms with van der Waals surface area (Å²) < 4.78 is 61.7. The van der Waals surface area contributed by atoms with Gasteiger partial charge in [0.15, 0.2) is 23.3 Å². The van der Waals surface area contributed by atoms with Gasteiger partial charge in [0.25, 0.3) is 0 Å². The molecule has 0 N–H and O–H groups in total. The zero-order valence-electron chi connectivity index (χ0n) is 17.2. The van der Waals surface area contributed by atoms with Crippen LogP contribution in [0.2, 0.25) is 0 Å². The smallest absolute Gasteiger partial charge is 0.170 e. The van der Waals surface area contributed by atoms with Crippen LogP contribution in [0.3, 0.4) is 0 Å². The van der Waals surface area contributed by atoms with E-state index in [9.17, 15) is 17.6 Å². The number of fused-ring (bicyclic) bond motifs is 5. The number of hydrogen-bond acceptors (Lipinski definition) is 2. The van der Waals surface area contributed by atoms with Gasteiger partial charge < -0.3 is 0 Å². The highest BCUT2D eigenvalue weighted by atomic mass is 32.1. The Balaban J connectivity index is 1.43. The van der Waals surface area contributed by atoms with E-state index in [0.717, 1.165) is 22.8 Å². The fourth-order valence-corrected chi connectivity index (χ4v) is 6.90. The molecule has 0 saturated carbocycles. The average Bonchev–Trinajstić information content (AvgIpc) is 3.38. The van der Waals surface area contributed by atoms with Crippen molar-refractivity contribution in [1.29, 1.82) is 0 Å². The summed E-state index contributed by atoms with van der Waals surface area (Å²) in [6.07, 6.45) is 0. The number of thiophene rings is 2. The fraction of sp³-hybridized carbons (Fsp3) is 0.0370. The second-order valence-electron chi connectivity index (χ2n) is 7.90. The van der Waals surface area contributed by atoms with Crippen LogP contribution < -0.4 is 0 Å². The lowest BCUT2D eigenvalue weighted by atomic mass is 9.98. The van der Waals surface area contributed by atoms with Crippen molar-refractivity contribution >= 4 is 52.2 Å². The van der Waals surface area contributed by atoms with Gasteiger partial charge >= 0.3 is 0 Å². The summed E-state index contributed by atoms with van der Waals surface area (Å²) in [5.74, 6) is -5.51. The summed E-state index contributed by atoms with van der Waals surface area (Å²) in [4.78, 5) is 0. The summed E-state index contributed by atoms with van der Waals surface area (Å²) in [7, 11) is 0. The molecule has 0 saturated heterocycles. The van der Waals surface area contributed by atoms with Crippen LogP contribution >= 0.6 is 22.7 Å². The van der Waals surface area contributed by atoms with Crippen LogP contribution in [0.5, 0.6) is 0 Å². The predicted octanol–water partition coefficient (Wildman–Crippen LogP) is 9.47. The maximum Gasteiger partial charge on any atom is 0.170 e. The van der Waals surface area contributed by atoms with Crippen molar-refractivity contribution in [2.24, 2.45) is 0 Å². The molecule has 0 aliphatic rings. The van der Waals surface area contributed by atoms with E-state index in [1.165, 1.54) is 37.0 Å². The second-order valence-corrected chi connectivity index (χ2v) is 10.0. The Morgan fingerprint density at radius 2 is 1.09 bits per heavy atom. The standard InChI is InChI=1S/C27H14F4S2/c1-13-22(28)24(30)21(25(31)23(13)29)15-8-6-14(7-9-15)16-10-11-18-20(12-16)33-26-17-4-2-3-5-19(17)32-27(18)26/h2-12H,1H3. The van der Waals surface area contributed by atoms with Crippen LogP contribution in [0.4, 0.5) is 17.6 Å². The van der Waals surface area contributed by atoms with E-state index >= 15 is 0 Å². The van der Waals surface area contributed by atoms with E-state index in [-0.39, 0.29) is 5.56 Å². The molecule has 0 amide bonds. The summed E-state index contributed by atoms with van der Waals surface area (Å²) in [5, 5.41) is 2.46. The molecule has 6 heteroatoms. The molecule has 0 unspecified atom stereocenters. The Morgan fingerprint density at radius 1 is 0.545 bits per heavy atom. The number of rotatable bonds is 2. The largest absolute Gasteiger partial charge is 0.203 e. The summed E-state index contributed by atoms with van der Waals surface area (Å²) in [6, 6.07) is 20.9. The van der Waals surface area contributed by atoms with Crippen molar-refractivity contribution in [3.63, 3.8) is 0 Å². The van der Waals surface area contributed by atoms with Gasteiger partial charge in [-0.25, -0.2) is 17.6 Å². The van der Waals surface area contributed by atoms with Crippen LogP contribution in [0.1, 0.15) is 5.56 Å². The highest BCUT2D eigenvalue weighted by Crippen LogP contribution is 2.45. The van der Waals surface area contributed by atoms with Crippen molar-refractivity contribution in [2.75, 3.05) is 0 Å². The van der Waals surface area contributed by atoms with Crippen LogP contribution in [0, 0.1) is 30.2 Å². The van der Waals surface area contributed by atoms with Gasteiger partial charge in [-0.1, -0.05) is 54.6 Å². The van der Waals surface area contributed by atoms with E-state index in [4.69, 9.17) is 0 Å². The lowest BCUT2D eigenvalue weighted by molar-refractivity contribution is 0.449. The third kappa shape index (κ3) is 3.01. The minimum atomic E-state index is -1.38. The molecule has 2 aromatic heterocycles. The molecular formula is C27H14F4S2. The van der Waals surface area contributed by atoms with Crippen LogP contribution in [0.15, 0.2) is 66.7 Å². The van der Waals surface area contributed by atoms with Crippen LogP contribution in [-0.2, 0) is 0 Å². The SMILES string of the molecule is Cc1c(F)c(F)c(-c2ccc(-c3ccc4c(c3)sc3c5ccccc5sc43)cc2)c(F)c1F. The zero-order valence-corrected chi connectivity index (χ0v) is 18.8. The quantitative estimate of drug-likeness (QED) is 0.172. The molecule has 6 aromatic rings. The molecule has 0 nitrogen and oxygen atoms in total. The maximum atomic E-state index is 14.4. The van der Waals surface area contributed by atoms with Gasteiger partial charge in [0.05, 0.1) is 15.0 Å². The molecule has 33 heavy (non-hydrogen) atoms. The minimum absolute atomic E-state index is 0.0794. The molecule has 0 fully saturated rings. The van der Waals surface area contributed by atoms with Crippen LogP contribution in [-0.4, -0.2) is 0 Å². The second kappa shape index (κ2) is 7.40. The fourth-order valence-electron chi connectivity index (χ4n) is 4.21. The lowest BCUT2D eigenvalue weighted by Gasteiger charge is -2.11. The van der Waals surface area contributed by atoms with Crippen molar-refractivity contribution < 1.29 is 17.6 Å². The first-order valence-electron chi connectivity index (χ1n) is 10.2. The third-order valence-corrected chi connectivity index (χ3v) is 8.50. The van der Waals surface area contributed by atoms with Crippen molar-refractivity contribution in [1.82, 2.24) is 0 Å². The average molecular weight is 479 g/mol. The van der Waals surface area contributed by atoms with E-state index < -0.39 is 34.4 Å². The minimum Gasteiger partial charge on any atom is -0.203 e. The molecule has 0 atom stereocenters. The summed E-state index contributed by atoms with van der Waals surface area (Å²) in [6.45, 7) is 1.01. The van der Waals surface area contributed by atoms with E-state index in [1.807, 2.05) is 18.2 Å². The molecule has 0 spiro atoms. The molecule has 0 bridgehead atoms. The topological polar surface area (TPSA) is 0 Å². The third-order valence-electron chi connectivity index (χ3n) is 5.98. The molecule has 0 aliphatic heterocycles. The molecular weight excluding hydrogens is 464 g/mol. The maximum absolute atomic E-state index is 14.4. The Labute approximate surface area is 194 Å². The molecule has 2 heterocycles. The first-order chi connectivity index (χ1) is 15.9. The number of hydrogen-bond donors (Lipinski definition) is 0. The first kappa shape index (κ1) is 20.4. The number of halogens is 4. The zero-order chi connectivity index (χ0) is 22.9. The van der Waals surface area contributed by atoms with Gasteiger partial charge in [-0.2, -0.15) is 0 Å². The Hall–Kier alpha value is -3.22. The van der Waals surface area contributed by atoms with E-state index in [0.29, 0.717) is 0 Å². The summed E-state index contributed by atoms with van der Waals surface area (Å²) in [5.41, 5.74) is 0.520. The van der Waals surface area contributed by atoms with Gasteiger partial charge in [-0.05, 0) is 35.7 Å². The first-order valence-corrected chi connectivity index (χ1v) is 11.8. The van der Waals surface area contributed by atoms with Crippen LogP contribution in [0.25, 0.3) is 51.8 Å². The molecule has 162 valence electrons. The predicted molar refractivity (Wildman–Crippen MR) is 130 cm³/mol. The Morgan fingerprint density at radius 3 is 1.79 bits per heavy atom. The molecule has 0 aliphatic carbocycles. The Bertz CT molecular complexity index is 1680. The van der Waals surface area contributed by atoms with Gasteiger partial charge in [-0.15, -0.1) is 22.7 Å². The highest BCUT2D eigenvalue weighted by Gasteiger charge is 2.24. The van der Waals surface area contributed by atoms with Gasteiger partial charge in [-0.3, -0.25) is 0 Å². The molecule has 0 radical (unpaired) electrons.